The van der Waals surface area contributed by atoms with E-state index in [4.69, 9.17) is 0 Å². The first-order chi connectivity index (χ1) is 13.1. The van der Waals surface area contributed by atoms with Gasteiger partial charge in [0, 0.05) is 12.3 Å². The van der Waals surface area contributed by atoms with Gasteiger partial charge in [0.15, 0.2) is 0 Å². The quantitative estimate of drug-likeness (QED) is 0.646. The van der Waals surface area contributed by atoms with Gasteiger partial charge in [-0.15, -0.1) is 11.8 Å². The Morgan fingerprint density at radius 3 is 2.63 bits per heavy atom. The molecule has 3 aromatic rings. The van der Waals surface area contributed by atoms with Crippen molar-refractivity contribution in [2.24, 2.45) is 0 Å². The summed E-state index contributed by atoms with van der Waals surface area (Å²) in [6, 6.07) is 18.3. The first-order valence-corrected chi connectivity index (χ1v) is 11.8. The van der Waals surface area contributed by atoms with E-state index in [2.05, 4.69) is 49.4 Å². The normalized spacial score (nSPS) is 19.8. The van der Waals surface area contributed by atoms with Crippen LogP contribution in [0.5, 0.6) is 0 Å². The largest absolute Gasteiger partial charge is 0.244 e. The lowest BCUT2D eigenvalue weighted by atomic mass is 10.1. The molecule has 0 spiro atoms. The summed E-state index contributed by atoms with van der Waals surface area (Å²) < 4.78 is 29.0. The molecular formula is C22H21NO2S2. The van der Waals surface area contributed by atoms with Crippen molar-refractivity contribution >= 4 is 32.6 Å². The van der Waals surface area contributed by atoms with Crippen molar-refractivity contribution < 1.29 is 8.42 Å². The summed E-state index contributed by atoms with van der Waals surface area (Å²) in [7, 11) is -3.53. The number of nitrogens with zero attached hydrogens (tertiary/aromatic N) is 1. The molecule has 3 nitrogen and oxygen atoms in total. The zero-order valence-electron chi connectivity index (χ0n) is 15.2. The lowest BCUT2D eigenvalue weighted by Crippen LogP contribution is -2.31. The van der Waals surface area contributed by atoms with Gasteiger partial charge in [-0.05, 0) is 53.3 Å². The molecule has 3 aromatic carbocycles. The fourth-order valence-corrected chi connectivity index (χ4v) is 7.79. The van der Waals surface area contributed by atoms with Crippen molar-refractivity contribution in [3.05, 3.63) is 76.9 Å². The monoisotopic (exact) mass is 395 g/mol. The van der Waals surface area contributed by atoms with Crippen molar-refractivity contribution in [3.63, 3.8) is 0 Å². The van der Waals surface area contributed by atoms with E-state index in [1.165, 1.54) is 11.1 Å². The van der Waals surface area contributed by atoms with Gasteiger partial charge in [-0.1, -0.05) is 54.1 Å². The fourth-order valence-electron chi connectivity index (χ4n) is 4.29. The molecule has 1 heterocycles. The zero-order chi connectivity index (χ0) is 18.6. The second kappa shape index (κ2) is 6.36. The number of aryl methyl sites for hydroxylation is 3. The number of hydrogen-bond donors (Lipinski definition) is 0. The van der Waals surface area contributed by atoms with Gasteiger partial charge in [-0.3, -0.25) is 0 Å². The first-order valence-electron chi connectivity index (χ1n) is 9.29. The van der Waals surface area contributed by atoms with Crippen molar-refractivity contribution in [3.8, 4) is 0 Å². The van der Waals surface area contributed by atoms with Gasteiger partial charge in [-0.25, -0.2) is 8.42 Å². The highest BCUT2D eigenvalue weighted by Gasteiger charge is 2.38. The highest BCUT2D eigenvalue weighted by atomic mass is 32.2. The molecule has 1 aliphatic carbocycles. The molecule has 0 bridgehead atoms. The lowest BCUT2D eigenvalue weighted by Gasteiger charge is -2.25. The SMILES string of the molecule is Cc1ccc([C@H]2SCCN2S(=O)(=O)c2ccc3cccc4c3c2CC4)cc1. The van der Waals surface area contributed by atoms with E-state index in [9.17, 15) is 8.42 Å². The maximum Gasteiger partial charge on any atom is 0.244 e. The molecular weight excluding hydrogens is 374 g/mol. The minimum atomic E-state index is -3.53. The van der Waals surface area contributed by atoms with E-state index in [1.807, 2.05) is 12.1 Å². The molecule has 1 atom stereocenters. The lowest BCUT2D eigenvalue weighted by molar-refractivity contribution is 0.434. The summed E-state index contributed by atoms with van der Waals surface area (Å²) in [5.74, 6) is 0.825. The smallest absolute Gasteiger partial charge is 0.207 e. The molecule has 0 unspecified atom stereocenters. The summed E-state index contributed by atoms with van der Waals surface area (Å²) in [5, 5.41) is 2.15. The van der Waals surface area contributed by atoms with Crippen LogP contribution in [0.4, 0.5) is 0 Å². The van der Waals surface area contributed by atoms with Crippen LogP contribution in [0.1, 0.15) is 27.6 Å². The van der Waals surface area contributed by atoms with Crippen LogP contribution in [0.15, 0.2) is 59.5 Å². The Morgan fingerprint density at radius 2 is 1.81 bits per heavy atom. The zero-order valence-corrected chi connectivity index (χ0v) is 16.8. The molecule has 1 fully saturated rings. The Kier molecular flexibility index (Phi) is 4.08. The number of rotatable bonds is 3. The van der Waals surface area contributed by atoms with Crippen LogP contribution in [-0.2, 0) is 22.9 Å². The molecule has 0 amide bonds. The van der Waals surface area contributed by atoms with Gasteiger partial charge in [0.2, 0.25) is 10.0 Å². The predicted molar refractivity (Wildman–Crippen MR) is 112 cm³/mol. The van der Waals surface area contributed by atoms with Crippen LogP contribution >= 0.6 is 11.8 Å². The average molecular weight is 396 g/mol. The summed E-state index contributed by atoms with van der Waals surface area (Å²) in [4.78, 5) is 0.500. The van der Waals surface area contributed by atoms with E-state index >= 15 is 0 Å². The molecule has 1 saturated heterocycles. The Bertz CT molecular complexity index is 1140. The van der Waals surface area contributed by atoms with E-state index in [-0.39, 0.29) is 5.37 Å². The topological polar surface area (TPSA) is 37.4 Å². The van der Waals surface area contributed by atoms with Crippen LogP contribution in [0.2, 0.25) is 0 Å². The van der Waals surface area contributed by atoms with Crippen molar-refractivity contribution in [1.29, 1.82) is 0 Å². The number of hydrogen-bond acceptors (Lipinski definition) is 3. The van der Waals surface area contributed by atoms with Crippen LogP contribution in [0, 0.1) is 6.92 Å². The summed E-state index contributed by atoms with van der Waals surface area (Å²) in [5.41, 5.74) is 4.52. The van der Waals surface area contributed by atoms with E-state index < -0.39 is 10.0 Å². The predicted octanol–water partition coefficient (Wildman–Crippen LogP) is 4.68. The Balaban J connectivity index is 1.61. The standard InChI is InChI=1S/C22H21NO2S2/c1-15-5-7-18(8-6-15)22-23(13-14-26-22)27(24,25)20-12-10-17-4-2-3-16-9-11-19(20)21(16)17/h2-8,10,12,22H,9,11,13-14H2,1H3/t22-/m1/s1. The minimum absolute atomic E-state index is 0.143. The molecule has 1 aliphatic heterocycles. The van der Waals surface area contributed by atoms with Gasteiger partial charge < -0.3 is 0 Å². The van der Waals surface area contributed by atoms with Gasteiger partial charge in [0.1, 0.15) is 0 Å². The van der Waals surface area contributed by atoms with Gasteiger partial charge in [-0.2, -0.15) is 4.31 Å². The van der Waals surface area contributed by atoms with E-state index in [1.54, 1.807) is 16.1 Å². The van der Waals surface area contributed by atoms with Crippen molar-refractivity contribution in [2.75, 3.05) is 12.3 Å². The van der Waals surface area contributed by atoms with Gasteiger partial charge in [0.05, 0.1) is 10.3 Å². The molecule has 0 saturated carbocycles. The molecule has 0 radical (unpaired) electrons. The fraction of sp³-hybridized carbons (Fsp3) is 0.273. The summed E-state index contributed by atoms with van der Waals surface area (Å²) in [6.07, 6.45) is 1.73. The van der Waals surface area contributed by atoms with Crippen LogP contribution in [0.3, 0.4) is 0 Å². The van der Waals surface area contributed by atoms with Crippen LogP contribution in [-0.4, -0.2) is 25.0 Å². The number of benzene rings is 3. The van der Waals surface area contributed by atoms with Crippen LogP contribution < -0.4 is 0 Å². The Labute approximate surface area is 164 Å². The molecule has 0 aromatic heterocycles. The third-order valence-corrected chi connectivity index (χ3v) is 8.98. The maximum atomic E-state index is 13.6. The van der Waals surface area contributed by atoms with Crippen LogP contribution in [0.25, 0.3) is 10.8 Å². The average Bonchev–Trinajstić information content (AvgIpc) is 3.32. The second-order valence-electron chi connectivity index (χ2n) is 7.31. The number of thioether (sulfide) groups is 1. The second-order valence-corrected chi connectivity index (χ2v) is 10.4. The Morgan fingerprint density at radius 1 is 1.00 bits per heavy atom. The Hall–Kier alpha value is -1.82. The van der Waals surface area contributed by atoms with E-state index in [0.717, 1.165) is 40.5 Å². The summed E-state index contributed by atoms with van der Waals surface area (Å²) in [6.45, 7) is 2.61. The van der Waals surface area contributed by atoms with E-state index in [0.29, 0.717) is 11.4 Å². The number of sulfonamides is 1. The third-order valence-electron chi connectivity index (χ3n) is 5.64. The molecule has 0 N–H and O–H groups in total. The molecule has 2 aliphatic rings. The first kappa shape index (κ1) is 17.3. The van der Waals surface area contributed by atoms with Gasteiger partial charge >= 0.3 is 0 Å². The molecule has 5 rings (SSSR count). The molecule has 5 heteroatoms. The minimum Gasteiger partial charge on any atom is -0.207 e. The summed E-state index contributed by atoms with van der Waals surface area (Å²) >= 11 is 1.71. The highest BCUT2D eigenvalue weighted by molar-refractivity contribution is 8.01. The highest BCUT2D eigenvalue weighted by Crippen LogP contribution is 2.43. The van der Waals surface area contributed by atoms with Gasteiger partial charge in [0.25, 0.3) is 0 Å². The van der Waals surface area contributed by atoms with Crippen molar-refractivity contribution in [2.45, 2.75) is 30.0 Å². The molecule has 27 heavy (non-hydrogen) atoms. The molecule has 138 valence electrons. The maximum absolute atomic E-state index is 13.6. The third kappa shape index (κ3) is 2.72. The van der Waals surface area contributed by atoms with Crippen molar-refractivity contribution in [1.82, 2.24) is 4.31 Å².